The number of aromatic nitrogens is 1. The Bertz CT molecular complexity index is 1010. The molecule has 5 nitrogen and oxygen atoms in total. The number of carbonyl (C=O) groups is 2. The smallest absolute Gasteiger partial charge is 0.229 e. The van der Waals surface area contributed by atoms with E-state index >= 15 is 0 Å². The van der Waals surface area contributed by atoms with Gasteiger partial charge < -0.3 is 10.2 Å². The molecule has 3 aromatic rings. The highest BCUT2D eigenvalue weighted by Crippen LogP contribution is 2.28. The molecule has 0 spiro atoms. The number of benzene rings is 2. The molecule has 0 saturated carbocycles. The topological polar surface area (TPSA) is 62.3 Å². The zero-order valence-corrected chi connectivity index (χ0v) is 16.2. The summed E-state index contributed by atoms with van der Waals surface area (Å²) in [5, 5.41) is 3.96. The predicted octanol–water partition coefficient (Wildman–Crippen LogP) is 4.16. The van der Waals surface area contributed by atoms with Crippen LogP contribution in [0.25, 0.3) is 10.2 Å². The zero-order chi connectivity index (χ0) is 19.0. The van der Waals surface area contributed by atoms with E-state index in [0.717, 1.165) is 33.0 Å². The van der Waals surface area contributed by atoms with Gasteiger partial charge in [-0.15, -0.1) is 11.3 Å². The summed E-state index contributed by atoms with van der Waals surface area (Å²) in [5.41, 5.74) is 3.77. The maximum absolute atomic E-state index is 12.7. The molecule has 2 amide bonds. The average Bonchev–Trinajstić information content (AvgIpc) is 3.23. The van der Waals surface area contributed by atoms with Gasteiger partial charge in [0.1, 0.15) is 0 Å². The molecule has 6 heteroatoms. The fraction of sp³-hybridized carbons (Fsp3) is 0.286. The molecular formula is C21H21N3O2S. The number of nitrogens with zero attached hydrogens (tertiary/aromatic N) is 2. The number of rotatable bonds is 4. The van der Waals surface area contributed by atoms with Crippen molar-refractivity contribution in [3.8, 4) is 0 Å². The lowest BCUT2D eigenvalue weighted by atomic mass is 10.1. The number of carbonyl (C=O) groups excluding carboxylic acids is 2. The van der Waals surface area contributed by atoms with Gasteiger partial charge in [0.2, 0.25) is 11.8 Å². The second-order valence-electron chi connectivity index (χ2n) is 6.83. The Morgan fingerprint density at radius 3 is 2.78 bits per heavy atom. The predicted molar refractivity (Wildman–Crippen MR) is 109 cm³/mol. The van der Waals surface area contributed by atoms with Gasteiger partial charge in [0.05, 0.1) is 21.1 Å². The van der Waals surface area contributed by atoms with E-state index in [-0.39, 0.29) is 24.2 Å². The fourth-order valence-electron chi connectivity index (χ4n) is 3.41. The minimum atomic E-state index is -0.345. The van der Waals surface area contributed by atoms with Gasteiger partial charge >= 0.3 is 0 Å². The monoisotopic (exact) mass is 379 g/mol. The van der Waals surface area contributed by atoms with Crippen molar-refractivity contribution in [3.63, 3.8) is 0 Å². The molecular weight excluding hydrogens is 358 g/mol. The van der Waals surface area contributed by atoms with E-state index in [1.54, 1.807) is 16.2 Å². The molecule has 1 aliphatic heterocycles. The van der Waals surface area contributed by atoms with Gasteiger partial charge in [0.25, 0.3) is 0 Å². The summed E-state index contributed by atoms with van der Waals surface area (Å²) in [5.74, 6) is -0.466. The lowest BCUT2D eigenvalue weighted by Gasteiger charge is -2.17. The summed E-state index contributed by atoms with van der Waals surface area (Å²) in [6, 6.07) is 13.7. The first-order valence-electron chi connectivity index (χ1n) is 9.11. The highest BCUT2D eigenvalue weighted by atomic mass is 32.1. The summed E-state index contributed by atoms with van der Waals surface area (Å²) in [7, 11) is 0. The summed E-state index contributed by atoms with van der Waals surface area (Å²) in [4.78, 5) is 31.2. The van der Waals surface area contributed by atoms with Crippen molar-refractivity contribution >= 4 is 44.7 Å². The van der Waals surface area contributed by atoms with Crippen molar-refractivity contribution < 1.29 is 9.59 Å². The van der Waals surface area contributed by atoms with Crippen molar-refractivity contribution in [2.24, 2.45) is 5.92 Å². The van der Waals surface area contributed by atoms with Gasteiger partial charge in [0.15, 0.2) is 0 Å². The van der Waals surface area contributed by atoms with E-state index in [1.165, 1.54) is 5.56 Å². The third kappa shape index (κ3) is 3.57. The molecule has 2 heterocycles. The molecule has 27 heavy (non-hydrogen) atoms. The molecule has 0 unspecified atom stereocenters. The van der Waals surface area contributed by atoms with Crippen molar-refractivity contribution in [2.75, 3.05) is 16.8 Å². The first-order valence-corrected chi connectivity index (χ1v) is 9.92. The number of aryl methyl sites for hydroxylation is 2. The molecule has 1 saturated heterocycles. The minimum Gasteiger partial charge on any atom is -0.326 e. The fourth-order valence-corrected chi connectivity index (χ4v) is 4.27. The van der Waals surface area contributed by atoms with E-state index in [0.29, 0.717) is 6.54 Å². The average molecular weight is 379 g/mol. The van der Waals surface area contributed by atoms with Crippen LogP contribution < -0.4 is 10.2 Å². The maximum Gasteiger partial charge on any atom is 0.229 e. The Hall–Kier alpha value is -2.73. The van der Waals surface area contributed by atoms with E-state index in [4.69, 9.17) is 0 Å². The highest BCUT2D eigenvalue weighted by molar-refractivity contribution is 7.18. The third-order valence-corrected chi connectivity index (χ3v) is 5.85. The van der Waals surface area contributed by atoms with Gasteiger partial charge in [-0.1, -0.05) is 19.1 Å². The van der Waals surface area contributed by atoms with Gasteiger partial charge in [-0.25, -0.2) is 4.98 Å². The lowest BCUT2D eigenvalue weighted by molar-refractivity contribution is -0.122. The summed E-state index contributed by atoms with van der Waals surface area (Å²) in [6.07, 6.45) is 1.20. The quantitative estimate of drug-likeness (QED) is 0.740. The molecule has 0 aliphatic carbocycles. The lowest BCUT2D eigenvalue weighted by Crippen LogP contribution is -2.28. The van der Waals surface area contributed by atoms with Gasteiger partial charge in [-0.05, 0) is 49.2 Å². The summed E-state index contributed by atoms with van der Waals surface area (Å²) < 4.78 is 1.05. The highest BCUT2D eigenvalue weighted by Gasteiger charge is 2.35. The van der Waals surface area contributed by atoms with Crippen molar-refractivity contribution in [2.45, 2.75) is 26.7 Å². The Labute approximate surface area is 162 Å². The first-order chi connectivity index (χ1) is 13.0. The Morgan fingerprint density at radius 2 is 2.04 bits per heavy atom. The van der Waals surface area contributed by atoms with E-state index < -0.39 is 0 Å². The second-order valence-corrected chi connectivity index (χ2v) is 8.06. The number of anilines is 2. The normalized spacial score (nSPS) is 16.9. The number of fused-ring (bicyclic) bond motifs is 1. The van der Waals surface area contributed by atoms with Crippen molar-refractivity contribution in [3.05, 3.63) is 53.0 Å². The third-order valence-electron chi connectivity index (χ3n) is 4.91. The summed E-state index contributed by atoms with van der Waals surface area (Å²) in [6.45, 7) is 4.48. The number of thiazole rings is 1. The molecule has 1 fully saturated rings. The van der Waals surface area contributed by atoms with Crippen LogP contribution in [0.2, 0.25) is 0 Å². The van der Waals surface area contributed by atoms with Crippen LogP contribution in [-0.2, 0) is 16.0 Å². The van der Waals surface area contributed by atoms with Crippen LogP contribution in [0, 0.1) is 12.8 Å². The van der Waals surface area contributed by atoms with Gasteiger partial charge in [-0.3, -0.25) is 9.59 Å². The molecule has 2 aromatic carbocycles. The first kappa shape index (κ1) is 17.7. The van der Waals surface area contributed by atoms with E-state index in [2.05, 4.69) is 17.2 Å². The number of nitrogens with one attached hydrogen (secondary N) is 1. The zero-order valence-electron chi connectivity index (χ0n) is 15.4. The molecule has 1 aromatic heterocycles. The minimum absolute atomic E-state index is 0.00654. The SMILES string of the molecule is CCc1ccc(N2C[C@H](C(=O)Nc3ccc4nc(C)sc4c3)CC2=O)cc1. The van der Waals surface area contributed by atoms with Crippen LogP contribution in [0.3, 0.4) is 0 Å². The molecule has 4 rings (SSSR count). The molecule has 1 aliphatic rings. The van der Waals surface area contributed by atoms with Crippen LogP contribution in [0.1, 0.15) is 23.9 Å². The largest absolute Gasteiger partial charge is 0.326 e. The molecule has 138 valence electrons. The number of amides is 2. The van der Waals surface area contributed by atoms with Crippen molar-refractivity contribution in [1.82, 2.24) is 4.98 Å². The van der Waals surface area contributed by atoms with Crippen LogP contribution >= 0.6 is 11.3 Å². The Balaban J connectivity index is 1.46. The molecule has 0 bridgehead atoms. The van der Waals surface area contributed by atoms with Crippen molar-refractivity contribution in [1.29, 1.82) is 0 Å². The van der Waals surface area contributed by atoms with Crippen LogP contribution in [0.15, 0.2) is 42.5 Å². The van der Waals surface area contributed by atoms with Gasteiger partial charge in [-0.2, -0.15) is 0 Å². The number of hydrogen-bond acceptors (Lipinski definition) is 4. The van der Waals surface area contributed by atoms with Crippen LogP contribution in [0.5, 0.6) is 0 Å². The Kier molecular flexibility index (Phi) is 4.66. The number of hydrogen-bond donors (Lipinski definition) is 1. The molecule has 0 radical (unpaired) electrons. The Morgan fingerprint density at radius 1 is 1.26 bits per heavy atom. The maximum atomic E-state index is 12.7. The van der Waals surface area contributed by atoms with Crippen LogP contribution in [0.4, 0.5) is 11.4 Å². The van der Waals surface area contributed by atoms with E-state index in [9.17, 15) is 9.59 Å². The summed E-state index contributed by atoms with van der Waals surface area (Å²) >= 11 is 1.60. The molecule has 1 N–H and O–H groups in total. The second kappa shape index (κ2) is 7.12. The molecule has 1 atom stereocenters. The standard InChI is InChI=1S/C21H21N3O2S/c1-3-14-4-7-17(8-5-14)24-12-15(10-20(24)25)21(26)23-16-6-9-18-19(11-16)27-13(2)22-18/h4-9,11,15H,3,10,12H2,1-2H3,(H,23,26)/t15-/m1/s1. The van der Waals surface area contributed by atoms with E-state index in [1.807, 2.05) is 49.4 Å². The van der Waals surface area contributed by atoms with Gasteiger partial charge in [0, 0.05) is 24.3 Å². The van der Waals surface area contributed by atoms with Crippen LogP contribution in [-0.4, -0.2) is 23.3 Å².